The summed E-state index contributed by atoms with van der Waals surface area (Å²) in [5, 5.41) is 11.6. The summed E-state index contributed by atoms with van der Waals surface area (Å²) in [7, 11) is 0. The van der Waals surface area contributed by atoms with Crippen molar-refractivity contribution in [1.82, 2.24) is 15.2 Å². The predicted octanol–water partition coefficient (Wildman–Crippen LogP) is 5.63. The van der Waals surface area contributed by atoms with Crippen LogP contribution in [0, 0.1) is 6.92 Å². The fourth-order valence-corrected chi connectivity index (χ4v) is 2.65. The van der Waals surface area contributed by atoms with E-state index >= 15 is 0 Å². The van der Waals surface area contributed by atoms with Crippen molar-refractivity contribution in [3.05, 3.63) is 77.6 Å². The zero-order valence-corrected chi connectivity index (χ0v) is 15.1. The Bertz CT molecular complexity index is 1060. The maximum absolute atomic E-state index is 5.86. The topological polar surface area (TPSA) is 73.1 Å². The molecule has 6 nitrogen and oxygen atoms in total. The number of nitrogens with one attached hydrogen (secondary N) is 1. The number of hydrogen-bond acceptors (Lipinski definition) is 6. The minimum Gasteiger partial charge on any atom is -0.457 e. The van der Waals surface area contributed by atoms with Crippen LogP contribution in [0.4, 0.5) is 11.7 Å². The highest BCUT2D eigenvalue weighted by Crippen LogP contribution is 2.27. The average molecular weight is 379 g/mol. The highest BCUT2D eigenvalue weighted by Gasteiger charge is 2.09. The second kappa shape index (κ2) is 7.47. The Morgan fingerprint density at radius 2 is 1.81 bits per heavy atom. The molecule has 2 heterocycles. The van der Waals surface area contributed by atoms with E-state index in [1.165, 1.54) is 0 Å². The normalized spacial score (nSPS) is 10.6. The molecule has 1 N–H and O–H groups in total. The van der Waals surface area contributed by atoms with Crippen molar-refractivity contribution in [2.24, 2.45) is 0 Å². The van der Waals surface area contributed by atoms with Gasteiger partial charge in [-0.15, -0.1) is 5.10 Å². The van der Waals surface area contributed by atoms with Gasteiger partial charge in [0.2, 0.25) is 5.89 Å². The highest BCUT2D eigenvalue weighted by molar-refractivity contribution is 6.29. The minimum absolute atomic E-state index is 0.336. The van der Waals surface area contributed by atoms with E-state index in [9.17, 15) is 0 Å². The smallest absolute Gasteiger partial charge is 0.320 e. The van der Waals surface area contributed by atoms with Crippen molar-refractivity contribution in [1.29, 1.82) is 0 Å². The highest BCUT2D eigenvalue weighted by atomic mass is 35.5. The fourth-order valence-electron chi connectivity index (χ4n) is 2.49. The number of hydrogen-bond donors (Lipinski definition) is 1. The van der Waals surface area contributed by atoms with Crippen LogP contribution in [0.2, 0.25) is 5.15 Å². The Balaban J connectivity index is 1.47. The third kappa shape index (κ3) is 4.24. The molecule has 0 spiro atoms. The minimum atomic E-state index is 0.336. The molecule has 0 amide bonds. The van der Waals surface area contributed by atoms with Gasteiger partial charge in [-0.3, -0.25) is 0 Å². The quantitative estimate of drug-likeness (QED) is 0.454. The Hall–Kier alpha value is -3.38. The fraction of sp³-hybridized carbons (Fsp3) is 0.0500. The Morgan fingerprint density at radius 1 is 0.963 bits per heavy atom. The van der Waals surface area contributed by atoms with Gasteiger partial charge in [-0.1, -0.05) is 28.8 Å². The molecule has 0 saturated carbocycles. The van der Waals surface area contributed by atoms with Gasteiger partial charge in [-0.25, -0.2) is 4.98 Å². The maximum Gasteiger partial charge on any atom is 0.320 e. The molecule has 0 fully saturated rings. The molecule has 0 unspecified atom stereocenters. The van der Waals surface area contributed by atoms with Crippen molar-refractivity contribution in [3.63, 3.8) is 0 Å². The van der Waals surface area contributed by atoms with Gasteiger partial charge in [-0.2, -0.15) is 0 Å². The van der Waals surface area contributed by atoms with E-state index < -0.39 is 0 Å². The molecule has 0 saturated heterocycles. The molecule has 7 heteroatoms. The van der Waals surface area contributed by atoms with Gasteiger partial charge < -0.3 is 14.5 Å². The van der Waals surface area contributed by atoms with E-state index in [4.69, 9.17) is 20.8 Å². The summed E-state index contributed by atoms with van der Waals surface area (Å²) < 4.78 is 11.4. The second-order valence-electron chi connectivity index (χ2n) is 5.85. The monoisotopic (exact) mass is 378 g/mol. The molecule has 0 bridgehead atoms. The molecule has 0 radical (unpaired) electrons. The van der Waals surface area contributed by atoms with Crippen LogP contribution in [-0.2, 0) is 0 Å². The SMILES string of the molecule is Cc1cccc(Nc2nnc(-c3ccc(Oc4ccnc(Cl)c4)cc3)o2)c1. The van der Waals surface area contributed by atoms with Gasteiger partial charge in [0.1, 0.15) is 16.7 Å². The number of aryl methyl sites for hydroxylation is 1. The first-order valence-corrected chi connectivity index (χ1v) is 8.60. The van der Waals surface area contributed by atoms with Crippen LogP contribution in [0.25, 0.3) is 11.5 Å². The Labute approximate surface area is 160 Å². The summed E-state index contributed by atoms with van der Waals surface area (Å²) in [6.07, 6.45) is 1.59. The van der Waals surface area contributed by atoms with Crippen LogP contribution >= 0.6 is 11.6 Å². The Morgan fingerprint density at radius 3 is 2.59 bits per heavy atom. The van der Waals surface area contributed by atoms with Crippen LogP contribution < -0.4 is 10.1 Å². The number of nitrogens with zero attached hydrogens (tertiary/aromatic N) is 3. The third-order valence-corrected chi connectivity index (χ3v) is 3.94. The summed E-state index contributed by atoms with van der Waals surface area (Å²) in [4.78, 5) is 3.92. The van der Waals surface area contributed by atoms with Gasteiger partial charge in [0, 0.05) is 23.5 Å². The summed E-state index contributed by atoms with van der Waals surface area (Å²) in [6, 6.07) is 19.0. The molecule has 0 aliphatic heterocycles. The van der Waals surface area contributed by atoms with Gasteiger partial charge in [0.05, 0.1) is 0 Å². The van der Waals surface area contributed by atoms with E-state index in [-0.39, 0.29) is 0 Å². The summed E-state index contributed by atoms with van der Waals surface area (Å²) in [5.41, 5.74) is 2.83. The number of halogens is 1. The van der Waals surface area contributed by atoms with Crippen LogP contribution in [0.1, 0.15) is 5.56 Å². The molecule has 4 rings (SSSR count). The van der Waals surface area contributed by atoms with Crippen molar-refractivity contribution in [2.45, 2.75) is 6.92 Å². The Kier molecular flexibility index (Phi) is 4.72. The lowest BCUT2D eigenvalue weighted by atomic mass is 10.2. The number of anilines is 2. The first-order chi connectivity index (χ1) is 13.2. The summed E-state index contributed by atoms with van der Waals surface area (Å²) >= 11 is 5.86. The molecule has 4 aromatic rings. The van der Waals surface area contributed by atoms with E-state index in [0.717, 1.165) is 16.8 Å². The first-order valence-electron chi connectivity index (χ1n) is 8.23. The molecular formula is C20H15ClN4O2. The summed E-state index contributed by atoms with van der Waals surface area (Å²) in [5.74, 6) is 1.70. The average Bonchev–Trinajstić information content (AvgIpc) is 3.11. The molecule has 27 heavy (non-hydrogen) atoms. The van der Waals surface area contributed by atoms with Gasteiger partial charge in [0.15, 0.2) is 0 Å². The van der Waals surface area contributed by atoms with Crippen molar-refractivity contribution < 1.29 is 9.15 Å². The van der Waals surface area contributed by atoms with Gasteiger partial charge in [-0.05, 0) is 55.0 Å². The number of ether oxygens (including phenoxy) is 1. The lowest BCUT2D eigenvalue weighted by molar-refractivity contribution is 0.482. The van der Waals surface area contributed by atoms with Crippen LogP contribution in [-0.4, -0.2) is 15.2 Å². The number of rotatable bonds is 5. The lowest BCUT2D eigenvalue weighted by Gasteiger charge is -2.05. The van der Waals surface area contributed by atoms with E-state index in [1.807, 2.05) is 55.5 Å². The van der Waals surface area contributed by atoms with E-state index in [1.54, 1.807) is 18.3 Å². The van der Waals surface area contributed by atoms with Gasteiger partial charge in [0.25, 0.3) is 0 Å². The van der Waals surface area contributed by atoms with Crippen LogP contribution in [0.3, 0.4) is 0 Å². The lowest BCUT2D eigenvalue weighted by Crippen LogP contribution is -1.90. The van der Waals surface area contributed by atoms with Gasteiger partial charge >= 0.3 is 6.01 Å². The zero-order chi connectivity index (χ0) is 18.6. The first kappa shape index (κ1) is 17.1. The molecular weight excluding hydrogens is 364 g/mol. The van der Waals surface area contributed by atoms with Crippen LogP contribution in [0.15, 0.2) is 71.3 Å². The van der Waals surface area contributed by atoms with Crippen LogP contribution in [0.5, 0.6) is 11.5 Å². The van der Waals surface area contributed by atoms with Crippen molar-refractivity contribution >= 4 is 23.3 Å². The molecule has 134 valence electrons. The third-order valence-electron chi connectivity index (χ3n) is 3.73. The second-order valence-corrected chi connectivity index (χ2v) is 6.23. The predicted molar refractivity (Wildman–Crippen MR) is 104 cm³/mol. The van der Waals surface area contributed by atoms with E-state index in [0.29, 0.717) is 28.6 Å². The molecule has 0 aliphatic rings. The standard InChI is InChI=1S/C20H15ClN4O2/c1-13-3-2-4-15(11-13)23-20-25-24-19(27-20)14-5-7-16(8-6-14)26-17-9-10-22-18(21)12-17/h2-12H,1H3,(H,23,25). The van der Waals surface area contributed by atoms with Crippen molar-refractivity contribution in [3.8, 4) is 23.0 Å². The number of aromatic nitrogens is 3. The maximum atomic E-state index is 5.86. The van der Waals surface area contributed by atoms with E-state index in [2.05, 4.69) is 20.5 Å². The molecule has 0 aliphatic carbocycles. The molecule has 2 aromatic heterocycles. The number of benzene rings is 2. The number of pyridine rings is 1. The summed E-state index contributed by atoms with van der Waals surface area (Å²) in [6.45, 7) is 2.02. The largest absolute Gasteiger partial charge is 0.457 e. The molecule has 0 atom stereocenters. The zero-order valence-electron chi connectivity index (χ0n) is 14.4. The molecule has 2 aromatic carbocycles. The van der Waals surface area contributed by atoms with Crippen molar-refractivity contribution in [2.75, 3.05) is 5.32 Å².